The molecule has 0 bridgehead atoms. The second-order valence-electron chi connectivity index (χ2n) is 9.84. The van der Waals surface area contributed by atoms with Crippen molar-refractivity contribution in [2.75, 3.05) is 0 Å². The molecule has 5 rings (SSSR count). The zero-order valence-electron chi connectivity index (χ0n) is 16.0. The molecule has 4 heteroatoms. The Morgan fingerprint density at radius 1 is 1.31 bits per heavy atom. The van der Waals surface area contributed by atoms with E-state index >= 15 is 0 Å². The van der Waals surface area contributed by atoms with E-state index in [0.717, 1.165) is 25.7 Å². The van der Waals surface area contributed by atoms with Gasteiger partial charge in [-0.25, -0.2) is 0 Å². The first kappa shape index (κ1) is 16.9. The van der Waals surface area contributed by atoms with Crippen LogP contribution in [-0.2, 0) is 14.3 Å². The number of Topliss-reactive ketones (excluding diaryl/α,β-unsaturated/α-hetero) is 1. The Morgan fingerprint density at radius 3 is 2.73 bits per heavy atom. The Labute approximate surface area is 154 Å². The van der Waals surface area contributed by atoms with Gasteiger partial charge in [-0.2, -0.15) is 0 Å². The monoisotopic (exact) mass is 356 g/mol. The van der Waals surface area contributed by atoms with Crippen LogP contribution in [0.15, 0.2) is 23.8 Å². The van der Waals surface area contributed by atoms with Gasteiger partial charge in [-0.05, 0) is 69.4 Å². The lowest BCUT2D eigenvalue weighted by atomic mass is 9.47. The quantitative estimate of drug-likeness (QED) is 0.734. The Hall–Kier alpha value is -1.26. The molecule has 3 saturated carbocycles. The van der Waals surface area contributed by atoms with E-state index in [0.29, 0.717) is 5.92 Å². The summed E-state index contributed by atoms with van der Waals surface area (Å²) in [6, 6.07) is 0. The van der Waals surface area contributed by atoms with E-state index in [-0.39, 0.29) is 40.5 Å². The van der Waals surface area contributed by atoms with Gasteiger partial charge in [0.15, 0.2) is 11.6 Å². The third-order valence-electron chi connectivity index (χ3n) is 9.05. The lowest BCUT2D eigenvalue weighted by molar-refractivity contribution is -0.160. The minimum Gasteiger partial charge on any atom is -0.381 e. The van der Waals surface area contributed by atoms with Crippen LogP contribution in [0, 0.1) is 28.6 Å². The molecule has 4 fully saturated rings. The first-order valence-electron chi connectivity index (χ1n) is 9.97. The highest BCUT2D eigenvalue weighted by molar-refractivity contribution is 6.01. The van der Waals surface area contributed by atoms with Gasteiger partial charge < -0.3 is 9.84 Å². The molecule has 1 heterocycles. The molecular formula is C22H28O4. The first-order valence-corrected chi connectivity index (χ1v) is 9.97. The molecule has 0 aromatic carbocycles. The van der Waals surface area contributed by atoms with Crippen LogP contribution in [0.1, 0.15) is 53.4 Å². The lowest BCUT2D eigenvalue weighted by Gasteiger charge is -2.55. The van der Waals surface area contributed by atoms with Crippen molar-refractivity contribution >= 4 is 11.6 Å². The molecule has 1 aliphatic heterocycles. The van der Waals surface area contributed by atoms with E-state index in [1.807, 2.05) is 6.92 Å². The molecule has 0 amide bonds. The standard InChI is InChI=1S/C22H28O4/c1-12-9-17-16-6-5-14-10-15(24)7-8-19(14,3)22(16)18(26-22)11-20(17,4)21(12,25)13(2)23/h7-8,10,12,16-18,25H,5-6,9,11H2,1-4H3/t12?,16-,17-,18?,19-,20-,21-,22-/m0/s1. The van der Waals surface area contributed by atoms with Gasteiger partial charge in [-0.15, -0.1) is 0 Å². The highest BCUT2D eigenvalue weighted by atomic mass is 16.6. The summed E-state index contributed by atoms with van der Waals surface area (Å²) >= 11 is 0. The van der Waals surface area contributed by atoms with Gasteiger partial charge in [0.1, 0.15) is 11.2 Å². The van der Waals surface area contributed by atoms with Crippen LogP contribution in [0.4, 0.5) is 0 Å². The zero-order valence-corrected chi connectivity index (χ0v) is 16.0. The molecule has 4 nitrogen and oxygen atoms in total. The molecule has 1 N–H and O–H groups in total. The van der Waals surface area contributed by atoms with Crippen molar-refractivity contribution in [2.45, 2.75) is 70.7 Å². The summed E-state index contributed by atoms with van der Waals surface area (Å²) < 4.78 is 6.46. The van der Waals surface area contributed by atoms with Crippen molar-refractivity contribution in [3.05, 3.63) is 23.8 Å². The highest BCUT2D eigenvalue weighted by Gasteiger charge is 2.81. The SMILES string of the molecule is CC(=O)[C@@]1(O)C(C)C[C@H]2[C@@H]3CCC4=CC(=O)C=C[C@]4(C)[C@]34OC4C[C@@]21C. The highest BCUT2D eigenvalue weighted by Crippen LogP contribution is 2.76. The van der Waals surface area contributed by atoms with Crippen molar-refractivity contribution in [1.82, 2.24) is 0 Å². The summed E-state index contributed by atoms with van der Waals surface area (Å²) in [7, 11) is 0. The number of allylic oxidation sites excluding steroid dienone is 2. The van der Waals surface area contributed by atoms with Crippen molar-refractivity contribution in [2.24, 2.45) is 28.6 Å². The maximum atomic E-state index is 12.5. The number of ketones is 2. The van der Waals surface area contributed by atoms with Crippen LogP contribution in [-0.4, -0.2) is 34.0 Å². The van der Waals surface area contributed by atoms with Gasteiger partial charge in [-0.3, -0.25) is 9.59 Å². The second-order valence-corrected chi connectivity index (χ2v) is 9.84. The van der Waals surface area contributed by atoms with E-state index in [9.17, 15) is 14.7 Å². The molecular weight excluding hydrogens is 328 g/mol. The average Bonchev–Trinajstić information content (AvgIpc) is 3.25. The molecule has 140 valence electrons. The van der Waals surface area contributed by atoms with Crippen molar-refractivity contribution in [1.29, 1.82) is 0 Å². The molecule has 1 spiro atoms. The maximum absolute atomic E-state index is 12.5. The molecule has 2 unspecified atom stereocenters. The normalized spacial score (nSPS) is 56.8. The van der Waals surface area contributed by atoms with Gasteiger partial charge in [0, 0.05) is 10.8 Å². The molecule has 0 aromatic rings. The molecule has 8 atom stereocenters. The van der Waals surface area contributed by atoms with E-state index in [2.05, 4.69) is 19.9 Å². The lowest BCUT2D eigenvalue weighted by Crippen LogP contribution is -2.61. The van der Waals surface area contributed by atoms with Crippen molar-refractivity contribution in [3.63, 3.8) is 0 Å². The summed E-state index contributed by atoms with van der Waals surface area (Å²) in [6.45, 7) is 7.89. The van der Waals surface area contributed by atoms with Crippen LogP contribution in [0.3, 0.4) is 0 Å². The van der Waals surface area contributed by atoms with E-state index in [1.165, 1.54) is 12.5 Å². The van der Waals surface area contributed by atoms with E-state index in [4.69, 9.17) is 4.74 Å². The number of carbonyl (C=O) groups is 2. The maximum Gasteiger partial charge on any atom is 0.178 e. The minimum absolute atomic E-state index is 0.0298. The van der Waals surface area contributed by atoms with Crippen molar-refractivity contribution < 1.29 is 19.4 Å². The second kappa shape index (κ2) is 4.59. The predicted molar refractivity (Wildman–Crippen MR) is 96.3 cm³/mol. The molecule has 26 heavy (non-hydrogen) atoms. The summed E-state index contributed by atoms with van der Waals surface area (Å²) in [5.74, 6) is 0.536. The Bertz CT molecular complexity index is 796. The molecule has 0 aromatic heterocycles. The topological polar surface area (TPSA) is 66.9 Å². The van der Waals surface area contributed by atoms with Gasteiger partial charge in [0.2, 0.25) is 0 Å². The fourth-order valence-electron chi connectivity index (χ4n) is 7.73. The fraction of sp³-hybridized carbons (Fsp3) is 0.727. The van der Waals surface area contributed by atoms with Gasteiger partial charge >= 0.3 is 0 Å². The molecule has 5 aliphatic rings. The van der Waals surface area contributed by atoms with Gasteiger partial charge in [-0.1, -0.05) is 25.5 Å². The number of hydrogen-bond donors (Lipinski definition) is 1. The Morgan fingerprint density at radius 2 is 2.04 bits per heavy atom. The Kier molecular flexibility index (Phi) is 2.98. The third-order valence-corrected chi connectivity index (χ3v) is 9.05. The Balaban J connectivity index is 1.62. The zero-order chi connectivity index (χ0) is 18.7. The minimum atomic E-state index is -1.26. The van der Waals surface area contributed by atoms with Gasteiger partial charge in [0.25, 0.3) is 0 Å². The number of epoxide rings is 1. The number of aliphatic hydroxyl groups is 1. The first-order chi connectivity index (χ1) is 12.1. The van der Waals surface area contributed by atoms with Crippen molar-refractivity contribution in [3.8, 4) is 0 Å². The fourth-order valence-corrected chi connectivity index (χ4v) is 7.73. The van der Waals surface area contributed by atoms with Crippen LogP contribution in [0.5, 0.6) is 0 Å². The molecule has 4 aliphatic carbocycles. The summed E-state index contributed by atoms with van der Waals surface area (Å²) in [6.07, 6.45) is 9.07. The summed E-state index contributed by atoms with van der Waals surface area (Å²) in [5, 5.41) is 11.5. The average molecular weight is 356 g/mol. The number of ether oxygens (including phenoxy) is 1. The number of fused-ring (bicyclic) bond motifs is 3. The van der Waals surface area contributed by atoms with Crippen LogP contribution < -0.4 is 0 Å². The van der Waals surface area contributed by atoms with Crippen LogP contribution >= 0.6 is 0 Å². The van der Waals surface area contributed by atoms with Gasteiger partial charge in [0.05, 0.1) is 6.10 Å². The molecule has 1 saturated heterocycles. The molecule has 0 radical (unpaired) electrons. The number of hydrogen-bond acceptors (Lipinski definition) is 4. The van der Waals surface area contributed by atoms with E-state index < -0.39 is 11.0 Å². The van der Waals surface area contributed by atoms with Crippen LogP contribution in [0.25, 0.3) is 0 Å². The summed E-state index contributed by atoms with van der Waals surface area (Å²) in [5.41, 5.74) is -0.999. The predicted octanol–water partition coefficient (Wildman–Crippen LogP) is 2.99. The number of carbonyl (C=O) groups excluding carboxylic acids is 2. The van der Waals surface area contributed by atoms with Crippen LogP contribution in [0.2, 0.25) is 0 Å². The smallest absolute Gasteiger partial charge is 0.178 e. The van der Waals surface area contributed by atoms with E-state index in [1.54, 1.807) is 12.2 Å². The largest absolute Gasteiger partial charge is 0.381 e. The number of rotatable bonds is 1. The summed E-state index contributed by atoms with van der Waals surface area (Å²) in [4.78, 5) is 24.4. The third kappa shape index (κ3) is 1.53.